The van der Waals surface area contributed by atoms with Crippen LogP contribution in [-0.2, 0) is 11.3 Å². The molecule has 0 unspecified atom stereocenters. The Morgan fingerprint density at radius 1 is 1.12 bits per heavy atom. The van der Waals surface area contributed by atoms with Crippen LogP contribution in [0.5, 0.6) is 0 Å². The van der Waals surface area contributed by atoms with Crippen LogP contribution in [0.25, 0.3) is 11.0 Å². The topological polar surface area (TPSA) is 51.5 Å². The van der Waals surface area contributed by atoms with E-state index in [-0.39, 0.29) is 11.8 Å². The quantitative estimate of drug-likeness (QED) is 0.680. The Hall–Kier alpha value is -2.59. The van der Waals surface area contributed by atoms with Crippen LogP contribution in [0, 0.1) is 0 Å². The zero-order valence-corrected chi connectivity index (χ0v) is 13.9. The van der Waals surface area contributed by atoms with Crippen LogP contribution in [0.15, 0.2) is 59.0 Å². The number of carbonyl (C=O) groups excluding carboxylic acids is 1. The van der Waals surface area contributed by atoms with E-state index in [1.54, 1.807) is 6.92 Å². The number of esters is 1. The molecule has 0 radical (unpaired) electrons. The van der Waals surface area contributed by atoms with Gasteiger partial charge in [0, 0.05) is 23.5 Å². The van der Waals surface area contributed by atoms with Crippen LogP contribution in [-0.4, -0.2) is 12.6 Å². The molecule has 0 fully saturated rings. The van der Waals surface area contributed by atoms with Gasteiger partial charge in [-0.1, -0.05) is 48.5 Å². The number of nitrogens with one attached hydrogen (secondary N) is 1. The van der Waals surface area contributed by atoms with Gasteiger partial charge in [0.05, 0.1) is 6.61 Å². The van der Waals surface area contributed by atoms with Gasteiger partial charge in [-0.3, -0.25) is 0 Å². The number of benzene rings is 2. The van der Waals surface area contributed by atoms with Crippen molar-refractivity contribution in [3.05, 3.63) is 71.5 Å². The maximum Gasteiger partial charge on any atom is 0.374 e. The minimum atomic E-state index is -0.419. The van der Waals surface area contributed by atoms with E-state index >= 15 is 0 Å². The van der Waals surface area contributed by atoms with Crippen molar-refractivity contribution in [2.75, 3.05) is 6.61 Å². The van der Waals surface area contributed by atoms with Gasteiger partial charge in [-0.2, -0.15) is 0 Å². The first-order chi connectivity index (χ1) is 11.7. The molecular weight excluding hydrogens is 302 g/mol. The molecule has 4 nitrogen and oxygen atoms in total. The number of hydrogen-bond donors (Lipinski definition) is 1. The van der Waals surface area contributed by atoms with Gasteiger partial charge in [-0.05, 0) is 25.5 Å². The van der Waals surface area contributed by atoms with Crippen LogP contribution in [0.3, 0.4) is 0 Å². The monoisotopic (exact) mass is 323 g/mol. The minimum absolute atomic E-state index is 0.162. The fourth-order valence-electron chi connectivity index (χ4n) is 2.75. The first-order valence-electron chi connectivity index (χ1n) is 8.16. The van der Waals surface area contributed by atoms with Crippen molar-refractivity contribution in [3.8, 4) is 0 Å². The third-order valence-corrected chi connectivity index (χ3v) is 4.04. The summed E-state index contributed by atoms with van der Waals surface area (Å²) in [4.78, 5) is 12.2. The van der Waals surface area contributed by atoms with Crippen LogP contribution < -0.4 is 5.32 Å². The summed E-state index contributed by atoms with van der Waals surface area (Å²) >= 11 is 0. The van der Waals surface area contributed by atoms with Crippen molar-refractivity contribution in [1.82, 2.24) is 5.32 Å². The molecule has 0 aliphatic heterocycles. The van der Waals surface area contributed by atoms with Gasteiger partial charge in [0.1, 0.15) is 5.58 Å². The number of ether oxygens (including phenoxy) is 1. The normalized spacial score (nSPS) is 12.2. The predicted octanol–water partition coefficient (Wildman–Crippen LogP) is 4.46. The molecule has 1 N–H and O–H groups in total. The van der Waals surface area contributed by atoms with Crippen LogP contribution in [0.1, 0.15) is 41.6 Å². The molecule has 0 saturated heterocycles. The number of fused-ring (bicyclic) bond motifs is 1. The van der Waals surface area contributed by atoms with E-state index in [4.69, 9.17) is 9.15 Å². The molecule has 1 heterocycles. The second kappa shape index (κ2) is 7.32. The molecule has 0 spiro atoms. The standard InChI is InChI=1S/C20H21NO3/c1-3-23-20(22)19-17(16-11-7-8-12-18(16)24-19)13-21-14(2)15-9-5-4-6-10-15/h4-12,14,21H,3,13H2,1-2H3/t14-/m1/s1. The Labute approximate surface area is 141 Å². The molecular formula is C20H21NO3. The molecule has 24 heavy (non-hydrogen) atoms. The van der Waals surface area contributed by atoms with Crippen molar-refractivity contribution in [2.45, 2.75) is 26.4 Å². The van der Waals surface area contributed by atoms with Gasteiger partial charge < -0.3 is 14.5 Å². The van der Waals surface area contributed by atoms with E-state index < -0.39 is 5.97 Å². The number of hydrogen-bond acceptors (Lipinski definition) is 4. The summed E-state index contributed by atoms with van der Waals surface area (Å²) in [7, 11) is 0. The molecule has 0 amide bonds. The number of furan rings is 1. The van der Waals surface area contributed by atoms with Gasteiger partial charge in [0.15, 0.2) is 0 Å². The van der Waals surface area contributed by atoms with E-state index in [2.05, 4.69) is 24.4 Å². The fraction of sp³-hybridized carbons (Fsp3) is 0.250. The highest BCUT2D eigenvalue weighted by Gasteiger charge is 2.21. The van der Waals surface area contributed by atoms with Gasteiger partial charge in [0.25, 0.3) is 0 Å². The van der Waals surface area contributed by atoms with Crippen molar-refractivity contribution in [2.24, 2.45) is 0 Å². The first-order valence-corrected chi connectivity index (χ1v) is 8.16. The molecule has 3 rings (SSSR count). The lowest BCUT2D eigenvalue weighted by Crippen LogP contribution is -2.19. The first kappa shape index (κ1) is 16.3. The Balaban J connectivity index is 1.87. The largest absolute Gasteiger partial charge is 0.460 e. The Kier molecular flexibility index (Phi) is 4.96. The average Bonchev–Trinajstić information content (AvgIpc) is 2.99. The van der Waals surface area contributed by atoms with Crippen molar-refractivity contribution in [3.63, 3.8) is 0 Å². The lowest BCUT2D eigenvalue weighted by atomic mass is 10.1. The minimum Gasteiger partial charge on any atom is -0.460 e. The van der Waals surface area contributed by atoms with E-state index in [1.807, 2.05) is 42.5 Å². The molecule has 0 aliphatic carbocycles. The van der Waals surface area contributed by atoms with Gasteiger partial charge in [-0.25, -0.2) is 4.79 Å². The second-order valence-corrected chi connectivity index (χ2v) is 5.64. The third kappa shape index (κ3) is 3.34. The van der Waals surface area contributed by atoms with Crippen molar-refractivity contribution < 1.29 is 13.9 Å². The summed E-state index contributed by atoms with van der Waals surface area (Å²) in [5.41, 5.74) is 2.74. The number of para-hydroxylation sites is 1. The third-order valence-electron chi connectivity index (χ3n) is 4.04. The molecule has 3 aromatic rings. The summed E-state index contributed by atoms with van der Waals surface area (Å²) in [6.07, 6.45) is 0. The van der Waals surface area contributed by atoms with E-state index in [0.717, 1.165) is 10.9 Å². The van der Waals surface area contributed by atoms with E-state index in [9.17, 15) is 4.79 Å². The lowest BCUT2D eigenvalue weighted by Gasteiger charge is -2.14. The summed E-state index contributed by atoms with van der Waals surface area (Å²) in [5.74, 6) is -0.135. The maximum absolute atomic E-state index is 12.2. The summed E-state index contributed by atoms with van der Waals surface area (Å²) < 4.78 is 10.9. The van der Waals surface area contributed by atoms with Gasteiger partial charge in [-0.15, -0.1) is 0 Å². The van der Waals surface area contributed by atoms with Gasteiger partial charge in [0.2, 0.25) is 5.76 Å². The van der Waals surface area contributed by atoms with Crippen LogP contribution in [0.4, 0.5) is 0 Å². The molecule has 0 aliphatic rings. The molecule has 0 saturated carbocycles. The Bertz CT molecular complexity index is 823. The maximum atomic E-state index is 12.2. The SMILES string of the molecule is CCOC(=O)c1oc2ccccc2c1CN[C@H](C)c1ccccc1. The lowest BCUT2D eigenvalue weighted by molar-refractivity contribution is 0.0490. The van der Waals surface area contributed by atoms with Crippen LogP contribution in [0.2, 0.25) is 0 Å². The van der Waals surface area contributed by atoms with Crippen LogP contribution >= 0.6 is 0 Å². The summed E-state index contributed by atoms with van der Waals surface area (Å²) in [6.45, 7) is 4.74. The molecule has 124 valence electrons. The number of rotatable bonds is 6. The second-order valence-electron chi connectivity index (χ2n) is 5.64. The average molecular weight is 323 g/mol. The van der Waals surface area contributed by atoms with E-state index in [0.29, 0.717) is 18.7 Å². The summed E-state index contributed by atoms with van der Waals surface area (Å²) in [6, 6.07) is 18.0. The Morgan fingerprint density at radius 3 is 2.58 bits per heavy atom. The highest BCUT2D eigenvalue weighted by atomic mass is 16.5. The van der Waals surface area contributed by atoms with Crippen molar-refractivity contribution >= 4 is 16.9 Å². The smallest absolute Gasteiger partial charge is 0.374 e. The van der Waals surface area contributed by atoms with Crippen molar-refractivity contribution in [1.29, 1.82) is 0 Å². The highest BCUT2D eigenvalue weighted by molar-refractivity contribution is 5.96. The fourth-order valence-corrected chi connectivity index (χ4v) is 2.75. The molecule has 2 aromatic carbocycles. The van der Waals surface area contributed by atoms with Gasteiger partial charge >= 0.3 is 5.97 Å². The molecule has 1 atom stereocenters. The molecule has 1 aromatic heterocycles. The zero-order valence-electron chi connectivity index (χ0n) is 13.9. The number of carbonyl (C=O) groups is 1. The predicted molar refractivity (Wildman–Crippen MR) is 93.9 cm³/mol. The molecule has 0 bridgehead atoms. The highest BCUT2D eigenvalue weighted by Crippen LogP contribution is 2.27. The van der Waals surface area contributed by atoms with E-state index in [1.165, 1.54) is 5.56 Å². The Morgan fingerprint density at radius 2 is 1.83 bits per heavy atom. The molecule has 4 heteroatoms. The summed E-state index contributed by atoms with van der Waals surface area (Å²) in [5, 5.41) is 4.40. The zero-order chi connectivity index (χ0) is 16.9.